The van der Waals surface area contributed by atoms with Crippen LogP contribution in [0, 0.1) is 14.9 Å². The maximum Gasteiger partial charge on any atom is 0.0675 e. The number of ether oxygens (including phenoxy) is 1. The first-order chi connectivity index (χ1) is 26.9. The van der Waals surface area contributed by atoms with Crippen molar-refractivity contribution < 1.29 is 45.3 Å². The molecule has 370 valence electrons. The van der Waals surface area contributed by atoms with E-state index >= 15 is 0 Å². The van der Waals surface area contributed by atoms with Gasteiger partial charge in [0.2, 0.25) is 0 Å². The first kappa shape index (κ1) is 72.3. The van der Waals surface area contributed by atoms with E-state index < -0.39 is 47.8 Å². The van der Waals surface area contributed by atoms with Crippen molar-refractivity contribution >= 4 is 94.7 Å². The van der Waals surface area contributed by atoms with E-state index in [0.717, 1.165) is 39.6 Å². The average molecular weight is 1290 g/mol. The molecule has 60 heavy (non-hydrogen) atoms. The molecule has 2 aliphatic carbocycles. The zero-order chi connectivity index (χ0) is 45.6. The van der Waals surface area contributed by atoms with Gasteiger partial charge in [0, 0.05) is 22.5 Å². The van der Waals surface area contributed by atoms with E-state index in [1.807, 2.05) is 61.2 Å². The molecule has 2 fully saturated rings. The van der Waals surface area contributed by atoms with Crippen molar-refractivity contribution in [2.45, 2.75) is 207 Å². The Morgan fingerprint density at radius 3 is 1.23 bits per heavy atom. The molecule has 0 atom stereocenters. The molecule has 0 amide bonds. The van der Waals surface area contributed by atoms with Crippen LogP contribution in [-0.4, -0.2) is 83.9 Å². The Balaban J connectivity index is -0.000000208. The van der Waals surface area contributed by atoms with Crippen LogP contribution >= 0.6 is 81.3 Å². The van der Waals surface area contributed by atoms with Gasteiger partial charge in [0.1, 0.15) is 0 Å². The number of aliphatic hydroxyl groups is 1. The van der Waals surface area contributed by atoms with Crippen LogP contribution in [0.1, 0.15) is 167 Å². The van der Waals surface area contributed by atoms with Gasteiger partial charge in [0.15, 0.2) is 0 Å². The maximum absolute atomic E-state index is 5.83. The van der Waals surface area contributed by atoms with Gasteiger partial charge in [-0.3, -0.25) is 0 Å². The minimum atomic E-state index is -1.75. The average Bonchev–Trinajstić information content (AvgIpc) is 3.13. The van der Waals surface area contributed by atoms with Crippen LogP contribution in [0.3, 0.4) is 0 Å². The van der Waals surface area contributed by atoms with E-state index in [1.54, 1.807) is 57.4 Å². The standard InChI is InChI=1S/C13H25P.C10H12O.C9H21P.C8H21P.C3H4.C2H4.2CH3.6ClH.3Ru/c1-14(12-8-4-2-5-9-12)13-10-6-3-7-11-13;1-8(2)11-10-7-5-4-6-9(10)3;1-7(2)10(8(3)4)9(5)6;1-7(2)9(5,6)8(3)4;1-3-2;1-2;;;;;;;;;;;/h12-13H,2-11H2,1H3;3-8H,1-2H3;7-9H,1-6H3;7-9H,1-6H3;3H,1H3;1H,2H3;2*1H3;6*1H;;;/q;;;;;;2*-1;;;;;;;3*+2/p-3. The number of aromatic hydroxyl groups is 1. The Bertz CT molecular complexity index is 1230. The van der Waals surface area contributed by atoms with Gasteiger partial charge in [0.25, 0.3) is 0 Å². The summed E-state index contributed by atoms with van der Waals surface area (Å²) in [5.41, 5.74) is 8.09. The molecule has 13 heteroatoms. The zero-order valence-electron chi connectivity index (χ0n) is 41.5. The van der Waals surface area contributed by atoms with Gasteiger partial charge in [-0.2, -0.15) is 0 Å². The first-order valence-electron chi connectivity index (χ1n) is 21.5. The second-order valence-electron chi connectivity index (χ2n) is 17.6. The summed E-state index contributed by atoms with van der Waals surface area (Å²) in [6.45, 7) is 39.1. The molecule has 1 aromatic carbocycles. The van der Waals surface area contributed by atoms with E-state index in [1.165, 1.54) is 24.2 Å². The number of allylic oxidation sites excluding steroid dienone is 1. The molecule has 0 bridgehead atoms. The summed E-state index contributed by atoms with van der Waals surface area (Å²) in [5.74, 6) is 0.975. The smallest absolute Gasteiger partial charge is 0.0675 e. The summed E-state index contributed by atoms with van der Waals surface area (Å²) in [4.78, 5) is 0. The number of para-hydroxylation sites is 1. The molecule has 0 saturated heterocycles. The van der Waals surface area contributed by atoms with Gasteiger partial charge in [-0.15, -0.1) is 0 Å². The molecular formula is C47H96Cl6OP3Ru3+. The zero-order valence-corrected chi connectivity index (χ0v) is 54.3. The molecule has 3 rings (SSSR count). The van der Waals surface area contributed by atoms with Gasteiger partial charge in [0.05, 0.1) is 28.3 Å². The van der Waals surface area contributed by atoms with Crippen molar-refractivity contribution in [1.29, 1.82) is 0 Å². The van der Waals surface area contributed by atoms with E-state index in [0.29, 0.717) is 0 Å². The topological polar surface area (TPSA) is 12.8 Å². The molecule has 1 N–H and O–H groups in total. The fourth-order valence-corrected chi connectivity index (χ4v) is 19.0. The predicted octanol–water partition coefficient (Wildman–Crippen LogP) is 18.7. The molecule has 2 aliphatic rings. The van der Waals surface area contributed by atoms with Gasteiger partial charge in [-0.05, 0) is 92.9 Å². The summed E-state index contributed by atoms with van der Waals surface area (Å²) < 4.78 is 11.0. The van der Waals surface area contributed by atoms with E-state index in [4.69, 9.17) is 58.1 Å². The quantitative estimate of drug-likeness (QED) is 0.0959. The van der Waals surface area contributed by atoms with Gasteiger partial charge < -0.3 is 14.9 Å². The van der Waals surface area contributed by atoms with Crippen LogP contribution in [0.25, 0.3) is 0 Å². The Hall–Kier alpha value is 3.31. The molecule has 0 heterocycles. The number of benzene rings is 1. The number of hydrogen-bond donors (Lipinski definition) is 0. The number of hydrogen-bond acceptors (Lipinski definition) is 0. The van der Waals surface area contributed by atoms with Gasteiger partial charge in [-0.25, -0.2) is 0 Å². The first-order valence-corrected chi connectivity index (χ1v) is 44.9. The SMILES string of the molecule is CC(C)[OH+]c1ccccc1[CH]=[Ru]([Cl])[Cl].CC(C)[PH+](C(C)C)C(C)C.CC(C)[PH](C)(C)C(C)C.CC=[C]=[Ru]([Cl])[Cl].C[CH]=[Ru]([Cl])[Cl].C[PH+](C1CCCCC1)C1CCCCC1.[CH3-].[CH3-]. The third-order valence-electron chi connectivity index (χ3n) is 11.3. The second-order valence-corrected chi connectivity index (χ2v) is 48.4. The van der Waals surface area contributed by atoms with Crippen molar-refractivity contribution in [1.82, 2.24) is 0 Å². The molecule has 2 saturated carbocycles. The van der Waals surface area contributed by atoms with Crippen LogP contribution in [-0.2, 0) is 40.6 Å². The summed E-state index contributed by atoms with van der Waals surface area (Å²) in [6, 6.07) is 7.92. The van der Waals surface area contributed by atoms with Crippen molar-refractivity contribution in [3.05, 3.63) is 50.8 Å². The van der Waals surface area contributed by atoms with Crippen molar-refractivity contribution in [2.24, 2.45) is 0 Å². The molecule has 0 aliphatic heterocycles. The molecule has 0 spiro atoms. The Morgan fingerprint density at radius 2 is 1.02 bits per heavy atom. The molecular weight excluding hydrogens is 1190 g/mol. The van der Waals surface area contributed by atoms with E-state index in [9.17, 15) is 0 Å². The molecule has 1 nitrogen and oxygen atoms in total. The monoisotopic (exact) mass is 1290 g/mol. The molecule has 0 radical (unpaired) electrons. The summed E-state index contributed by atoms with van der Waals surface area (Å²) >= 11 is -4.68. The summed E-state index contributed by atoms with van der Waals surface area (Å²) in [6.07, 6.45) is 17.6. The number of halogens is 6. The fourth-order valence-electron chi connectivity index (χ4n) is 7.25. The number of rotatable bonds is 10. The van der Waals surface area contributed by atoms with Gasteiger partial charge in [-0.1, -0.05) is 12.8 Å². The summed E-state index contributed by atoms with van der Waals surface area (Å²) in [5, 5.41) is 0. The van der Waals surface area contributed by atoms with E-state index in [2.05, 4.69) is 98.2 Å². The van der Waals surface area contributed by atoms with Crippen molar-refractivity contribution in [2.75, 3.05) is 20.0 Å². The third kappa shape index (κ3) is 39.3. The largest absolute Gasteiger partial charge is 0.358 e. The van der Waals surface area contributed by atoms with Crippen LogP contribution in [0.5, 0.6) is 5.75 Å². The Kier molecular flexibility index (Phi) is 52.5. The fraction of sp³-hybridized carbons (Fsp3) is 0.745. The predicted molar refractivity (Wildman–Crippen MR) is 295 cm³/mol. The van der Waals surface area contributed by atoms with Crippen LogP contribution in [0.4, 0.5) is 0 Å². The minimum Gasteiger partial charge on any atom is -0.358 e. The second kappa shape index (κ2) is 43.6. The molecule has 1 aromatic rings. The molecule has 0 unspecified atom stereocenters. The van der Waals surface area contributed by atoms with Crippen molar-refractivity contribution in [3.8, 4) is 5.75 Å². The third-order valence-corrected chi connectivity index (χ3v) is 31.2. The van der Waals surface area contributed by atoms with E-state index in [-0.39, 0.29) is 36.8 Å². The maximum atomic E-state index is 5.83. The molecule has 0 aromatic heterocycles. The van der Waals surface area contributed by atoms with Crippen LogP contribution in [0.15, 0.2) is 30.3 Å². The Labute approximate surface area is 418 Å². The van der Waals surface area contributed by atoms with Crippen molar-refractivity contribution in [3.63, 3.8) is 0 Å². The minimum absolute atomic E-state index is 0. The van der Waals surface area contributed by atoms with Crippen LogP contribution in [0.2, 0.25) is 0 Å². The van der Waals surface area contributed by atoms with Gasteiger partial charge >= 0.3 is 252 Å². The Morgan fingerprint density at radius 1 is 0.650 bits per heavy atom. The van der Waals surface area contributed by atoms with Crippen LogP contribution < -0.4 is 0 Å². The normalized spacial score (nSPS) is 15.2. The summed E-state index contributed by atoms with van der Waals surface area (Å²) in [7, 11) is 32.0.